The number of furan rings is 1. The average Bonchev–Trinajstić information content (AvgIpc) is 3.08. The molecule has 3 N–H and O–H groups in total. The zero-order valence-corrected chi connectivity index (χ0v) is 11.3. The Balaban J connectivity index is 1.76. The van der Waals surface area contributed by atoms with Crippen molar-refractivity contribution in [2.45, 2.75) is 19.4 Å². The molecule has 102 valence electrons. The minimum absolute atomic E-state index is 0.151. The molecule has 1 aromatic carbocycles. The van der Waals surface area contributed by atoms with Gasteiger partial charge in [-0.15, -0.1) is 0 Å². The van der Waals surface area contributed by atoms with Crippen LogP contribution < -0.4 is 5.73 Å². The molecule has 0 aliphatic rings. The fourth-order valence-corrected chi connectivity index (χ4v) is 2.19. The molecule has 0 fully saturated rings. The van der Waals surface area contributed by atoms with Crippen molar-refractivity contribution >= 4 is 0 Å². The number of nitrogens with two attached hydrogens (primary N) is 1. The molecular formula is C16H17N3O. The predicted molar refractivity (Wildman–Crippen MR) is 78.1 cm³/mol. The Hall–Kier alpha value is -2.33. The van der Waals surface area contributed by atoms with Crippen molar-refractivity contribution in [3.63, 3.8) is 0 Å². The van der Waals surface area contributed by atoms with E-state index in [1.807, 2.05) is 37.3 Å². The highest BCUT2D eigenvalue weighted by atomic mass is 16.3. The lowest BCUT2D eigenvalue weighted by atomic mass is 10.1. The van der Waals surface area contributed by atoms with Gasteiger partial charge in [-0.25, -0.2) is 4.98 Å². The first kappa shape index (κ1) is 12.7. The van der Waals surface area contributed by atoms with E-state index in [1.54, 1.807) is 6.20 Å². The summed E-state index contributed by atoms with van der Waals surface area (Å²) >= 11 is 0. The predicted octanol–water partition coefficient (Wildman–Crippen LogP) is 3.22. The van der Waals surface area contributed by atoms with Gasteiger partial charge in [0.1, 0.15) is 17.3 Å². The lowest BCUT2D eigenvalue weighted by molar-refractivity contribution is 0.546. The smallest absolute Gasteiger partial charge is 0.152 e. The number of rotatable bonds is 4. The van der Waals surface area contributed by atoms with Crippen molar-refractivity contribution in [3.05, 3.63) is 65.8 Å². The Labute approximate surface area is 117 Å². The Morgan fingerprint density at radius 1 is 1.20 bits per heavy atom. The highest BCUT2D eigenvalue weighted by Crippen LogP contribution is 2.22. The zero-order valence-electron chi connectivity index (χ0n) is 11.3. The van der Waals surface area contributed by atoms with Crippen LogP contribution in [0.3, 0.4) is 0 Å². The first-order chi connectivity index (χ1) is 9.72. The summed E-state index contributed by atoms with van der Waals surface area (Å²) in [6.45, 7) is 1.92. The average molecular weight is 267 g/mol. The van der Waals surface area contributed by atoms with Crippen LogP contribution >= 0.6 is 0 Å². The SMILES string of the molecule is Cc1ccc(-c2cnc(C(N)Cc3ccccc3)[nH]2)o1. The van der Waals surface area contributed by atoms with E-state index in [-0.39, 0.29) is 6.04 Å². The maximum absolute atomic E-state index is 6.20. The van der Waals surface area contributed by atoms with Crippen molar-refractivity contribution < 1.29 is 4.42 Å². The molecule has 4 nitrogen and oxygen atoms in total. The summed E-state index contributed by atoms with van der Waals surface area (Å²) in [5.41, 5.74) is 8.26. The maximum Gasteiger partial charge on any atom is 0.152 e. The van der Waals surface area contributed by atoms with Gasteiger partial charge in [0.05, 0.1) is 12.2 Å². The summed E-state index contributed by atoms with van der Waals surface area (Å²) in [5.74, 6) is 2.44. The Bertz CT molecular complexity index is 685. The van der Waals surface area contributed by atoms with Crippen LogP contribution in [0.2, 0.25) is 0 Å². The molecule has 0 amide bonds. The quantitative estimate of drug-likeness (QED) is 0.762. The van der Waals surface area contributed by atoms with Crippen molar-refractivity contribution in [1.29, 1.82) is 0 Å². The van der Waals surface area contributed by atoms with Gasteiger partial charge in [-0.1, -0.05) is 30.3 Å². The van der Waals surface area contributed by atoms with E-state index in [9.17, 15) is 0 Å². The van der Waals surface area contributed by atoms with Crippen LogP contribution in [-0.4, -0.2) is 9.97 Å². The molecule has 0 aliphatic heterocycles. The molecule has 3 aromatic rings. The third kappa shape index (κ3) is 2.65. The second-order valence-corrected chi connectivity index (χ2v) is 4.89. The van der Waals surface area contributed by atoms with E-state index in [1.165, 1.54) is 5.56 Å². The Kier molecular flexibility index (Phi) is 3.39. The summed E-state index contributed by atoms with van der Waals surface area (Å²) < 4.78 is 5.57. The van der Waals surface area contributed by atoms with E-state index in [0.717, 1.165) is 29.5 Å². The summed E-state index contributed by atoms with van der Waals surface area (Å²) in [4.78, 5) is 7.59. The number of hydrogen-bond acceptors (Lipinski definition) is 3. The van der Waals surface area contributed by atoms with Crippen LogP contribution in [0.5, 0.6) is 0 Å². The van der Waals surface area contributed by atoms with E-state index in [2.05, 4.69) is 22.1 Å². The first-order valence-corrected chi connectivity index (χ1v) is 6.63. The van der Waals surface area contributed by atoms with Crippen LogP contribution in [0.15, 0.2) is 53.1 Å². The summed E-state index contributed by atoms with van der Waals surface area (Å²) in [6.07, 6.45) is 2.52. The molecule has 4 heteroatoms. The molecule has 1 unspecified atom stereocenters. The summed E-state index contributed by atoms with van der Waals surface area (Å²) in [6, 6.07) is 13.9. The standard InChI is InChI=1S/C16H17N3O/c1-11-7-8-15(20-11)14-10-18-16(19-14)13(17)9-12-5-3-2-4-6-12/h2-8,10,13H,9,17H2,1H3,(H,18,19). The van der Waals surface area contributed by atoms with Crippen LogP contribution in [0, 0.1) is 6.92 Å². The number of nitrogens with one attached hydrogen (secondary N) is 1. The minimum Gasteiger partial charge on any atom is -0.460 e. The molecule has 0 radical (unpaired) electrons. The number of aromatic nitrogens is 2. The van der Waals surface area contributed by atoms with Gasteiger partial charge < -0.3 is 15.1 Å². The van der Waals surface area contributed by atoms with Gasteiger partial charge in [-0.3, -0.25) is 0 Å². The molecule has 0 bridgehead atoms. The Morgan fingerprint density at radius 2 is 2.00 bits per heavy atom. The van der Waals surface area contributed by atoms with Gasteiger partial charge in [0, 0.05) is 0 Å². The van der Waals surface area contributed by atoms with Gasteiger partial charge in [-0.2, -0.15) is 0 Å². The number of aromatic amines is 1. The number of hydrogen-bond donors (Lipinski definition) is 2. The summed E-state index contributed by atoms with van der Waals surface area (Å²) in [7, 11) is 0. The van der Waals surface area contributed by atoms with Crippen LogP contribution in [0.1, 0.15) is 23.2 Å². The third-order valence-electron chi connectivity index (χ3n) is 3.25. The lowest BCUT2D eigenvalue weighted by Crippen LogP contribution is -2.14. The minimum atomic E-state index is -0.151. The molecule has 20 heavy (non-hydrogen) atoms. The zero-order chi connectivity index (χ0) is 13.9. The largest absolute Gasteiger partial charge is 0.460 e. The Morgan fingerprint density at radius 3 is 2.70 bits per heavy atom. The normalized spacial score (nSPS) is 12.5. The second-order valence-electron chi connectivity index (χ2n) is 4.89. The second kappa shape index (κ2) is 5.35. The lowest BCUT2D eigenvalue weighted by Gasteiger charge is -2.08. The van der Waals surface area contributed by atoms with Gasteiger partial charge in [0.25, 0.3) is 0 Å². The van der Waals surface area contributed by atoms with Crippen LogP contribution in [0.25, 0.3) is 11.5 Å². The third-order valence-corrected chi connectivity index (χ3v) is 3.25. The van der Waals surface area contributed by atoms with Crippen LogP contribution in [-0.2, 0) is 6.42 Å². The maximum atomic E-state index is 6.20. The number of nitrogens with zero attached hydrogens (tertiary/aromatic N) is 1. The van der Waals surface area contributed by atoms with Gasteiger partial charge in [-0.05, 0) is 31.0 Å². The van der Waals surface area contributed by atoms with E-state index in [4.69, 9.17) is 10.2 Å². The number of H-pyrrole nitrogens is 1. The molecule has 2 aromatic heterocycles. The van der Waals surface area contributed by atoms with E-state index < -0.39 is 0 Å². The van der Waals surface area contributed by atoms with Gasteiger partial charge in [0.15, 0.2) is 5.76 Å². The summed E-state index contributed by atoms with van der Waals surface area (Å²) in [5, 5.41) is 0. The number of imidazole rings is 1. The van der Waals surface area contributed by atoms with Crippen molar-refractivity contribution in [3.8, 4) is 11.5 Å². The van der Waals surface area contributed by atoms with Crippen molar-refractivity contribution in [1.82, 2.24) is 9.97 Å². The number of aryl methyl sites for hydroxylation is 1. The van der Waals surface area contributed by atoms with Gasteiger partial charge in [0.2, 0.25) is 0 Å². The molecule has 0 aliphatic carbocycles. The molecular weight excluding hydrogens is 250 g/mol. The van der Waals surface area contributed by atoms with Crippen molar-refractivity contribution in [2.24, 2.45) is 5.73 Å². The fraction of sp³-hybridized carbons (Fsp3) is 0.188. The van der Waals surface area contributed by atoms with Gasteiger partial charge >= 0.3 is 0 Å². The fourth-order valence-electron chi connectivity index (χ4n) is 2.19. The molecule has 1 atom stereocenters. The van der Waals surface area contributed by atoms with E-state index in [0.29, 0.717) is 0 Å². The molecule has 3 rings (SSSR count). The topological polar surface area (TPSA) is 67.8 Å². The first-order valence-electron chi connectivity index (χ1n) is 6.63. The van der Waals surface area contributed by atoms with E-state index >= 15 is 0 Å². The highest BCUT2D eigenvalue weighted by Gasteiger charge is 2.13. The van der Waals surface area contributed by atoms with Crippen LogP contribution in [0.4, 0.5) is 0 Å². The van der Waals surface area contributed by atoms with Crippen molar-refractivity contribution in [2.75, 3.05) is 0 Å². The molecule has 0 saturated carbocycles. The molecule has 2 heterocycles. The monoisotopic (exact) mass is 267 g/mol. The number of benzene rings is 1. The molecule has 0 spiro atoms. The highest BCUT2D eigenvalue weighted by molar-refractivity contribution is 5.51. The molecule has 0 saturated heterocycles.